The standard InChI is InChI=1S/C9H14N4O.ClH/c10-9(14)8-7(6-11-12-8)13-4-2-1-3-5-13;/h6H,1-5H2,(H2,10,14)(H,11,12);1H. The van der Waals surface area contributed by atoms with Gasteiger partial charge in [0.2, 0.25) is 0 Å². The molecule has 5 nitrogen and oxygen atoms in total. The summed E-state index contributed by atoms with van der Waals surface area (Å²) in [5.41, 5.74) is 6.50. The van der Waals surface area contributed by atoms with E-state index in [1.54, 1.807) is 6.20 Å². The van der Waals surface area contributed by atoms with Crippen molar-refractivity contribution in [2.24, 2.45) is 5.73 Å². The third kappa shape index (κ3) is 2.41. The Morgan fingerprint density at radius 2 is 2.07 bits per heavy atom. The van der Waals surface area contributed by atoms with Crippen molar-refractivity contribution in [2.45, 2.75) is 19.3 Å². The summed E-state index contributed by atoms with van der Waals surface area (Å²) in [5, 5.41) is 6.49. The van der Waals surface area contributed by atoms with Gasteiger partial charge in [-0.25, -0.2) is 0 Å². The van der Waals surface area contributed by atoms with Crippen LogP contribution in [0.15, 0.2) is 6.20 Å². The Hall–Kier alpha value is -1.23. The number of nitrogens with two attached hydrogens (primary N) is 1. The number of aromatic amines is 1. The van der Waals surface area contributed by atoms with Crippen LogP contribution in [0.25, 0.3) is 0 Å². The van der Waals surface area contributed by atoms with Crippen LogP contribution in [0.1, 0.15) is 29.8 Å². The van der Waals surface area contributed by atoms with Crippen molar-refractivity contribution in [3.63, 3.8) is 0 Å². The fourth-order valence-corrected chi connectivity index (χ4v) is 1.84. The maximum absolute atomic E-state index is 11.0. The van der Waals surface area contributed by atoms with E-state index in [9.17, 15) is 4.79 Å². The smallest absolute Gasteiger partial charge is 0.268 e. The van der Waals surface area contributed by atoms with E-state index in [4.69, 9.17) is 5.73 Å². The molecule has 0 spiro atoms. The number of carbonyl (C=O) groups is 1. The number of aromatic nitrogens is 2. The lowest BCUT2D eigenvalue weighted by atomic mass is 10.1. The van der Waals surface area contributed by atoms with Crippen LogP contribution in [0.5, 0.6) is 0 Å². The molecule has 2 heterocycles. The molecule has 0 unspecified atom stereocenters. The molecule has 1 aromatic heterocycles. The van der Waals surface area contributed by atoms with Gasteiger partial charge in [-0.2, -0.15) is 5.10 Å². The van der Waals surface area contributed by atoms with Gasteiger partial charge in [-0.3, -0.25) is 9.89 Å². The average molecular weight is 231 g/mol. The van der Waals surface area contributed by atoms with Gasteiger partial charge in [-0.15, -0.1) is 12.4 Å². The minimum Gasteiger partial charge on any atom is -0.368 e. The molecule has 0 radical (unpaired) electrons. The van der Waals surface area contributed by atoms with E-state index in [0.717, 1.165) is 18.8 Å². The number of anilines is 1. The Kier molecular flexibility index (Phi) is 3.96. The minimum absolute atomic E-state index is 0. The zero-order valence-corrected chi connectivity index (χ0v) is 9.22. The molecular weight excluding hydrogens is 216 g/mol. The first-order valence-electron chi connectivity index (χ1n) is 4.87. The van der Waals surface area contributed by atoms with Crippen LogP contribution in [-0.4, -0.2) is 29.2 Å². The second kappa shape index (κ2) is 5.02. The first kappa shape index (κ1) is 11.8. The minimum atomic E-state index is -0.442. The molecule has 3 N–H and O–H groups in total. The third-order valence-electron chi connectivity index (χ3n) is 2.56. The van der Waals surface area contributed by atoms with Crippen LogP contribution >= 0.6 is 12.4 Å². The maximum atomic E-state index is 11.0. The molecule has 2 rings (SSSR count). The molecule has 1 amide bonds. The van der Waals surface area contributed by atoms with E-state index >= 15 is 0 Å². The number of piperidine rings is 1. The number of hydrogen-bond donors (Lipinski definition) is 2. The van der Waals surface area contributed by atoms with Crippen molar-refractivity contribution < 1.29 is 4.79 Å². The quantitative estimate of drug-likeness (QED) is 0.794. The van der Waals surface area contributed by atoms with Crippen LogP contribution in [0.4, 0.5) is 5.69 Å². The van der Waals surface area contributed by atoms with Gasteiger partial charge in [0.15, 0.2) is 0 Å². The van der Waals surface area contributed by atoms with Gasteiger partial charge in [-0.05, 0) is 19.3 Å². The van der Waals surface area contributed by atoms with Gasteiger partial charge in [0.25, 0.3) is 5.91 Å². The second-order valence-electron chi connectivity index (χ2n) is 3.54. The van der Waals surface area contributed by atoms with Gasteiger partial charge in [0.05, 0.1) is 11.9 Å². The molecule has 15 heavy (non-hydrogen) atoms. The fourth-order valence-electron chi connectivity index (χ4n) is 1.84. The normalized spacial score (nSPS) is 15.9. The zero-order chi connectivity index (χ0) is 9.97. The van der Waals surface area contributed by atoms with E-state index in [0.29, 0.717) is 5.69 Å². The van der Waals surface area contributed by atoms with Crippen molar-refractivity contribution in [1.82, 2.24) is 10.2 Å². The molecule has 0 bridgehead atoms. The number of nitrogens with one attached hydrogen (secondary N) is 1. The number of primary amides is 1. The first-order chi connectivity index (χ1) is 6.79. The summed E-state index contributed by atoms with van der Waals surface area (Å²) in [6, 6.07) is 0. The molecule has 1 aliphatic rings. The van der Waals surface area contributed by atoms with Crippen molar-refractivity contribution in [1.29, 1.82) is 0 Å². The first-order valence-corrected chi connectivity index (χ1v) is 4.87. The predicted octanol–water partition coefficient (Wildman–Crippen LogP) is 0.921. The zero-order valence-electron chi connectivity index (χ0n) is 8.40. The third-order valence-corrected chi connectivity index (χ3v) is 2.56. The summed E-state index contributed by atoms with van der Waals surface area (Å²) in [4.78, 5) is 13.2. The molecule has 1 aliphatic heterocycles. The summed E-state index contributed by atoms with van der Waals surface area (Å²) in [6.07, 6.45) is 5.28. The number of carbonyl (C=O) groups excluding carboxylic acids is 1. The van der Waals surface area contributed by atoms with Crippen LogP contribution in [0, 0.1) is 0 Å². The van der Waals surface area contributed by atoms with Gasteiger partial charge in [0.1, 0.15) is 5.69 Å². The summed E-state index contributed by atoms with van der Waals surface area (Å²) in [7, 11) is 0. The van der Waals surface area contributed by atoms with E-state index < -0.39 is 5.91 Å². The van der Waals surface area contributed by atoms with Gasteiger partial charge in [-0.1, -0.05) is 0 Å². The van der Waals surface area contributed by atoms with Gasteiger partial charge in [0, 0.05) is 13.1 Å². The van der Waals surface area contributed by atoms with E-state index in [-0.39, 0.29) is 12.4 Å². The largest absolute Gasteiger partial charge is 0.368 e. The molecule has 0 saturated carbocycles. The lowest BCUT2D eigenvalue weighted by Crippen LogP contribution is -2.31. The molecule has 0 aromatic carbocycles. The van der Waals surface area contributed by atoms with E-state index in [1.165, 1.54) is 19.3 Å². The second-order valence-corrected chi connectivity index (χ2v) is 3.54. The van der Waals surface area contributed by atoms with Crippen molar-refractivity contribution in [3.8, 4) is 0 Å². The highest BCUT2D eigenvalue weighted by molar-refractivity contribution is 5.96. The number of halogens is 1. The summed E-state index contributed by atoms with van der Waals surface area (Å²) < 4.78 is 0. The molecule has 84 valence electrons. The number of hydrogen-bond acceptors (Lipinski definition) is 3. The van der Waals surface area contributed by atoms with Crippen LogP contribution in [0.2, 0.25) is 0 Å². The number of rotatable bonds is 2. The van der Waals surface area contributed by atoms with Gasteiger partial charge < -0.3 is 10.6 Å². The lowest BCUT2D eigenvalue weighted by molar-refractivity contribution is 0.0996. The Bertz CT molecular complexity index is 333. The van der Waals surface area contributed by atoms with Crippen LogP contribution in [0.3, 0.4) is 0 Å². The van der Waals surface area contributed by atoms with Crippen molar-refractivity contribution in [2.75, 3.05) is 18.0 Å². The highest BCUT2D eigenvalue weighted by Gasteiger charge is 2.18. The monoisotopic (exact) mass is 230 g/mol. The van der Waals surface area contributed by atoms with E-state index in [2.05, 4.69) is 15.1 Å². The van der Waals surface area contributed by atoms with E-state index in [1.807, 2.05) is 0 Å². The highest BCUT2D eigenvalue weighted by Crippen LogP contribution is 2.21. The Morgan fingerprint density at radius 1 is 1.40 bits per heavy atom. The molecule has 1 aromatic rings. The summed E-state index contributed by atoms with van der Waals surface area (Å²) in [6.45, 7) is 1.97. The van der Waals surface area contributed by atoms with Crippen molar-refractivity contribution >= 4 is 24.0 Å². The average Bonchev–Trinajstić information content (AvgIpc) is 2.67. The van der Waals surface area contributed by atoms with Crippen LogP contribution in [-0.2, 0) is 0 Å². The SMILES string of the molecule is Cl.NC(=O)c1[nH]ncc1N1CCCCC1. The van der Waals surface area contributed by atoms with Crippen LogP contribution < -0.4 is 10.6 Å². The molecule has 6 heteroatoms. The maximum Gasteiger partial charge on any atom is 0.268 e. The number of amides is 1. The molecule has 0 atom stereocenters. The molecule has 1 fully saturated rings. The topological polar surface area (TPSA) is 75.0 Å². The number of H-pyrrole nitrogens is 1. The van der Waals surface area contributed by atoms with Crippen molar-refractivity contribution in [3.05, 3.63) is 11.9 Å². The summed E-state index contributed by atoms with van der Waals surface area (Å²) in [5.74, 6) is -0.442. The summed E-state index contributed by atoms with van der Waals surface area (Å²) >= 11 is 0. The predicted molar refractivity (Wildman–Crippen MR) is 60.4 cm³/mol. The molecule has 0 aliphatic carbocycles. The lowest BCUT2D eigenvalue weighted by Gasteiger charge is -2.27. The Labute approximate surface area is 94.4 Å². The Morgan fingerprint density at radius 3 is 2.67 bits per heavy atom. The fraction of sp³-hybridized carbons (Fsp3) is 0.556. The van der Waals surface area contributed by atoms with Gasteiger partial charge >= 0.3 is 0 Å². The Balaban J connectivity index is 0.00000112. The number of nitrogens with zero attached hydrogens (tertiary/aromatic N) is 2. The highest BCUT2D eigenvalue weighted by atomic mass is 35.5. The molecular formula is C9H15ClN4O. The molecule has 1 saturated heterocycles.